The number of para-hydroxylation sites is 1. The second kappa shape index (κ2) is 8.49. The van der Waals surface area contributed by atoms with Crippen LogP contribution in [-0.4, -0.2) is 36.6 Å². The topological polar surface area (TPSA) is 25.4 Å². The lowest BCUT2D eigenvalue weighted by Gasteiger charge is -2.23. The molecule has 0 aliphatic carbocycles. The van der Waals surface area contributed by atoms with Crippen molar-refractivity contribution in [3.63, 3.8) is 0 Å². The smallest absolute Gasteiger partial charge is 0.126 e. The van der Waals surface area contributed by atoms with Crippen molar-refractivity contribution in [2.75, 3.05) is 20.7 Å². The van der Waals surface area contributed by atoms with Gasteiger partial charge in [0.05, 0.1) is 7.11 Å². The molecule has 0 amide bonds. The zero-order chi connectivity index (χ0) is 16.7. The molecule has 2 rings (SSSR count). The first-order chi connectivity index (χ1) is 11.1. The predicted octanol–water partition coefficient (Wildman–Crippen LogP) is 3.97. The molecule has 23 heavy (non-hydrogen) atoms. The quantitative estimate of drug-likeness (QED) is 0.773. The average molecular weight is 310 g/mol. The van der Waals surface area contributed by atoms with Crippen LogP contribution in [0.3, 0.4) is 0 Å². The number of aryl methyl sites for hydroxylation is 1. The van der Waals surface area contributed by atoms with E-state index in [4.69, 9.17) is 4.74 Å². The summed E-state index contributed by atoms with van der Waals surface area (Å²) in [7, 11) is 3.85. The minimum Gasteiger partial charge on any atom is -0.496 e. The third-order valence-electron chi connectivity index (χ3n) is 4.06. The van der Waals surface area contributed by atoms with Crippen LogP contribution in [0, 0.1) is 6.92 Å². The molecule has 1 heterocycles. The van der Waals surface area contributed by atoms with Gasteiger partial charge in [0.15, 0.2) is 0 Å². The van der Waals surface area contributed by atoms with Gasteiger partial charge in [-0.2, -0.15) is 0 Å². The van der Waals surface area contributed by atoms with E-state index in [9.17, 15) is 0 Å². The fourth-order valence-corrected chi connectivity index (χ4v) is 2.50. The Morgan fingerprint density at radius 2 is 2.04 bits per heavy atom. The highest BCUT2D eigenvalue weighted by atomic mass is 16.5. The molecule has 0 unspecified atom stereocenters. The molecule has 0 radical (unpaired) electrons. The van der Waals surface area contributed by atoms with Crippen molar-refractivity contribution in [3.05, 3.63) is 65.5 Å². The van der Waals surface area contributed by atoms with Gasteiger partial charge in [-0.05, 0) is 44.7 Å². The largest absolute Gasteiger partial charge is 0.496 e. The lowest BCUT2D eigenvalue weighted by atomic mass is 10.1. The van der Waals surface area contributed by atoms with Gasteiger partial charge < -0.3 is 4.74 Å². The van der Waals surface area contributed by atoms with Gasteiger partial charge in [0, 0.05) is 36.5 Å². The van der Waals surface area contributed by atoms with Gasteiger partial charge in [-0.3, -0.25) is 9.88 Å². The molecule has 0 fully saturated rings. The normalized spacial score (nSPS) is 12.7. The Balaban J connectivity index is 1.91. The zero-order valence-corrected chi connectivity index (χ0v) is 14.5. The molecule has 122 valence electrons. The second-order valence-electron chi connectivity index (χ2n) is 5.96. The number of benzene rings is 1. The van der Waals surface area contributed by atoms with E-state index in [1.165, 1.54) is 5.56 Å². The molecule has 3 heteroatoms. The monoisotopic (exact) mass is 310 g/mol. The van der Waals surface area contributed by atoms with Gasteiger partial charge in [-0.1, -0.05) is 30.4 Å². The van der Waals surface area contributed by atoms with Crippen LogP contribution in [0.4, 0.5) is 0 Å². The number of methoxy groups -OCH3 is 1. The Morgan fingerprint density at radius 3 is 2.78 bits per heavy atom. The highest BCUT2D eigenvalue weighted by molar-refractivity contribution is 5.57. The molecule has 1 aromatic heterocycles. The molecule has 1 atom stereocenters. The first-order valence-electron chi connectivity index (χ1n) is 8.01. The number of hydrogen-bond donors (Lipinski definition) is 0. The molecule has 0 aliphatic heterocycles. The summed E-state index contributed by atoms with van der Waals surface area (Å²) < 4.78 is 5.37. The van der Waals surface area contributed by atoms with Crippen LogP contribution in [-0.2, 0) is 6.42 Å². The van der Waals surface area contributed by atoms with Gasteiger partial charge in [-0.15, -0.1) is 0 Å². The summed E-state index contributed by atoms with van der Waals surface area (Å²) in [6, 6.07) is 12.7. The van der Waals surface area contributed by atoms with E-state index in [-0.39, 0.29) is 0 Å². The average Bonchev–Trinajstić information content (AvgIpc) is 2.55. The molecule has 1 aromatic carbocycles. The van der Waals surface area contributed by atoms with Crippen molar-refractivity contribution >= 4 is 6.08 Å². The summed E-state index contributed by atoms with van der Waals surface area (Å²) in [5.74, 6) is 0.906. The molecule has 3 nitrogen and oxygen atoms in total. The van der Waals surface area contributed by atoms with Crippen LogP contribution in [0.25, 0.3) is 6.08 Å². The van der Waals surface area contributed by atoms with Crippen LogP contribution in [0.5, 0.6) is 5.75 Å². The first-order valence-corrected chi connectivity index (χ1v) is 8.01. The summed E-state index contributed by atoms with van der Waals surface area (Å²) >= 11 is 0. The van der Waals surface area contributed by atoms with Crippen molar-refractivity contribution in [1.82, 2.24) is 9.88 Å². The fourth-order valence-electron chi connectivity index (χ4n) is 2.50. The predicted molar refractivity (Wildman–Crippen MR) is 96.8 cm³/mol. The number of hydrogen-bond acceptors (Lipinski definition) is 3. The van der Waals surface area contributed by atoms with Crippen LogP contribution in [0.2, 0.25) is 0 Å². The highest BCUT2D eigenvalue weighted by Crippen LogP contribution is 2.18. The summed E-state index contributed by atoms with van der Waals surface area (Å²) in [6.45, 7) is 5.24. The SMILES string of the molecule is COc1ccccc1/C=C/CN(C)[C@H](C)Cc1cc(C)ccn1. The van der Waals surface area contributed by atoms with Crippen molar-refractivity contribution in [3.8, 4) is 5.75 Å². The summed E-state index contributed by atoms with van der Waals surface area (Å²) in [4.78, 5) is 6.78. The van der Waals surface area contributed by atoms with E-state index in [2.05, 4.69) is 55.1 Å². The van der Waals surface area contributed by atoms with Crippen molar-refractivity contribution in [2.24, 2.45) is 0 Å². The minimum atomic E-state index is 0.437. The maximum atomic E-state index is 5.37. The summed E-state index contributed by atoms with van der Waals surface area (Å²) in [5, 5.41) is 0. The lowest BCUT2D eigenvalue weighted by Crippen LogP contribution is -2.31. The lowest BCUT2D eigenvalue weighted by molar-refractivity contribution is 0.281. The Kier molecular flexibility index (Phi) is 6.36. The fraction of sp³-hybridized carbons (Fsp3) is 0.350. The van der Waals surface area contributed by atoms with E-state index in [0.29, 0.717) is 6.04 Å². The molecule has 0 saturated heterocycles. The molecule has 0 saturated carbocycles. The highest BCUT2D eigenvalue weighted by Gasteiger charge is 2.09. The van der Waals surface area contributed by atoms with Crippen LogP contribution in [0.15, 0.2) is 48.7 Å². The Bertz CT molecular complexity index is 652. The van der Waals surface area contributed by atoms with Crippen molar-refractivity contribution < 1.29 is 4.74 Å². The standard InChI is InChI=1S/C20H26N2O/c1-16-11-12-21-19(14-16)15-17(2)22(3)13-7-9-18-8-5-6-10-20(18)23-4/h5-12,14,17H,13,15H2,1-4H3/b9-7+/t17-/m1/s1. The molecule has 0 spiro atoms. The maximum absolute atomic E-state index is 5.37. The summed E-state index contributed by atoms with van der Waals surface area (Å²) in [5.41, 5.74) is 3.52. The van der Waals surface area contributed by atoms with Crippen molar-refractivity contribution in [2.45, 2.75) is 26.3 Å². The molecule has 0 N–H and O–H groups in total. The van der Waals surface area contributed by atoms with Crippen molar-refractivity contribution in [1.29, 1.82) is 0 Å². The summed E-state index contributed by atoms with van der Waals surface area (Å²) in [6.07, 6.45) is 7.14. The van der Waals surface area contributed by atoms with Gasteiger partial charge in [0.2, 0.25) is 0 Å². The first kappa shape index (κ1) is 17.2. The minimum absolute atomic E-state index is 0.437. The number of nitrogens with zero attached hydrogens (tertiary/aromatic N) is 2. The Hall–Kier alpha value is -2.13. The van der Waals surface area contributed by atoms with Gasteiger partial charge in [0.1, 0.15) is 5.75 Å². The molecular weight excluding hydrogens is 284 g/mol. The van der Waals surface area contributed by atoms with Crippen LogP contribution >= 0.6 is 0 Å². The van der Waals surface area contributed by atoms with Crippen LogP contribution < -0.4 is 4.74 Å². The molecule has 2 aromatic rings. The Morgan fingerprint density at radius 1 is 1.26 bits per heavy atom. The van der Waals surface area contributed by atoms with E-state index >= 15 is 0 Å². The third kappa shape index (κ3) is 5.22. The maximum Gasteiger partial charge on any atom is 0.126 e. The second-order valence-corrected chi connectivity index (χ2v) is 5.96. The molecular formula is C20H26N2O. The third-order valence-corrected chi connectivity index (χ3v) is 4.06. The zero-order valence-electron chi connectivity index (χ0n) is 14.5. The number of likely N-dealkylation sites (N-methyl/N-ethyl adjacent to an activating group) is 1. The van der Waals surface area contributed by atoms with E-state index < -0.39 is 0 Å². The molecule has 0 bridgehead atoms. The number of ether oxygens (including phenoxy) is 1. The Labute approximate surface area is 139 Å². The number of rotatable bonds is 7. The van der Waals surface area contributed by atoms with E-state index in [1.807, 2.05) is 30.5 Å². The number of pyridine rings is 1. The number of aromatic nitrogens is 1. The van der Waals surface area contributed by atoms with E-state index in [1.54, 1.807) is 7.11 Å². The van der Waals surface area contributed by atoms with Gasteiger partial charge in [0.25, 0.3) is 0 Å². The van der Waals surface area contributed by atoms with Gasteiger partial charge in [-0.25, -0.2) is 0 Å². The van der Waals surface area contributed by atoms with Gasteiger partial charge >= 0.3 is 0 Å². The molecule has 0 aliphatic rings. The van der Waals surface area contributed by atoms with E-state index in [0.717, 1.165) is 30.0 Å². The van der Waals surface area contributed by atoms with Crippen LogP contribution in [0.1, 0.15) is 23.7 Å².